The Kier molecular flexibility index (Phi) is 4.04. The van der Waals surface area contributed by atoms with E-state index < -0.39 is 0 Å². The van der Waals surface area contributed by atoms with Gasteiger partial charge in [-0.05, 0) is 18.1 Å². The SMILES string of the molecule is COc1cccc(F)c1-c1cc(NCC(C)C)n[nH]1. The highest BCUT2D eigenvalue weighted by molar-refractivity contribution is 5.70. The van der Waals surface area contributed by atoms with E-state index in [-0.39, 0.29) is 5.82 Å². The molecule has 1 aromatic carbocycles. The third-order valence-electron chi connectivity index (χ3n) is 2.73. The summed E-state index contributed by atoms with van der Waals surface area (Å²) in [6.07, 6.45) is 0. The first-order valence-electron chi connectivity index (χ1n) is 6.24. The summed E-state index contributed by atoms with van der Waals surface area (Å²) in [6.45, 7) is 5.04. The van der Waals surface area contributed by atoms with Crippen LogP contribution < -0.4 is 10.1 Å². The van der Waals surface area contributed by atoms with Gasteiger partial charge in [0.05, 0.1) is 18.4 Å². The molecule has 4 nitrogen and oxygen atoms in total. The Bertz CT molecular complexity index is 551. The van der Waals surface area contributed by atoms with Gasteiger partial charge in [0, 0.05) is 12.6 Å². The van der Waals surface area contributed by atoms with Crippen molar-refractivity contribution in [1.29, 1.82) is 0 Å². The molecule has 0 radical (unpaired) electrons. The van der Waals surface area contributed by atoms with Crippen LogP contribution in [0.1, 0.15) is 13.8 Å². The number of H-pyrrole nitrogens is 1. The maximum absolute atomic E-state index is 13.9. The minimum absolute atomic E-state index is 0.335. The number of aromatic nitrogens is 2. The number of hydrogen-bond acceptors (Lipinski definition) is 3. The van der Waals surface area contributed by atoms with Crippen LogP contribution in [0, 0.1) is 11.7 Å². The molecule has 0 unspecified atom stereocenters. The van der Waals surface area contributed by atoms with E-state index in [4.69, 9.17) is 4.74 Å². The van der Waals surface area contributed by atoms with E-state index in [0.29, 0.717) is 28.7 Å². The molecule has 0 amide bonds. The predicted octanol–water partition coefficient (Wildman–Crippen LogP) is 3.29. The lowest BCUT2D eigenvalue weighted by Crippen LogP contribution is -2.07. The fraction of sp³-hybridized carbons (Fsp3) is 0.357. The summed E-state index contributed by atoms with van der Waals surface area (Å²) in [7, 11) is 1.52. The summed E-state index contributed by atoms with van der Waals surface area (Å²) in [5, 5.41) is 10.1. The topological polar surface area (TPSA) is 49.9 Å². The fourth-order valence-electron chi connectivity index (χ4n) is 1.78. The number of benzene rings is 1. The van der Waals surface area contributed by atoms with Crippen molar-refractivity contribution in [2.45, 2.75) is 13.8 Å². The molecule has 2 rings (SSSR count). The first kappa shape index (κ1) is 13.4. The lowest BCUT2D eigenvalue weighted by molar-refractivity contribution is 0.413. The summed E-state index contributed by atoms with van der Waals surface area (Å²) in [5.41, 5.74) is 0.997. The van der Waals surface area contributed by atoms with Crippen molar-refractivity contribution < 1.29 is 9.13 Å². The molecule has 5 heteroatoms. The van der Waals surface area contributed by atoms with Gasteiger partial charge < -0.3 is 10.1 Å². The predicted molar refractivity (Wildman–Crippen MR) is 73.9 cm³/mol. The lowest BCUT2D eigenvalue weighted by atomic mass is 10.1. The lowest BCUT2D eigenvalue weighted by Gasteiger charge is -2.07. The third kappa shape index (κ3) is 3.05. The van der Waals surface area contributed by atoms with Crippen LogP contribution >= 0.6 is 0 Å². The quantitative estimate of drug-likeness (QED) is 0.870. The highest BCUT2D eigenvalue weighted by atomic mass is 19.1. The van der Waals surface area contributed by atoms with Gasteiger partial charge in [0.1, 0.15) is 17.4 Å². The van der Waals surface area contributed by atoms with Crippen LogP contribution in [-0.4, -0.2) is 23.9 Å². The number of ether oxygens (including phenoxy) is 1. The van der Waals surface area contributed by atoms with E-state index in [1.807, 2.05) is 0 Å². The van der Waals surface area contributed by atoms with Crippen LogP contribution in [0.25, 0.3) is 11.3 Å². The third-order valence-corrected chi connectivity index (χ3v) is 2.73. The summed E-state index contributed by atoms with van der Waals surface area (Å²) < 4.78 is 19.1. The van der Waals surface area contributed by atoms with Crippen molar-refractivity contribution in [2.75, 3.05) is 19.0 Å². The van der Waals surface area contributed by atoms with Crippen LogP contribution in [0.5, 0.6) is 5.75 Å². The molecule has 0 aliphatic rings. The Morgan fingerprint density at radius 1 is 1.42 bits per heavy atom. The van der Waals surface area contributed by atoms with Crippen molar-refractivity contribution >= 4 is 5.82 Å². The molecule has 1 aromatic heterocycles. The molecule has 0 saturated carbocycles. The molecule has 0 atom stereocenters. The highest BCUT2D eigenvalue weighted by Gasteiger charge is 2.14. The number of anilines is 1. The van der Waals surface area contributed by atoms with Gasteiger partial charge in [-0.25, -0.2) is 4.39 Å². The molecular weight excluding hydrogens is 245 g/mol. The van der Waals surface area contributed by atoms with E-state index in [2.05, 4.69) is 29.4 Å². The zero-order valence-corrected chi connectivity index (χ0v) is 11.3. The second kappa shape index (κ2) is 5.73. The van der Waals surface area contributed by atoms with Crippen LogP contribution in [0.15, 0.2) is 24.3 Å². The van der Waals surface area contributed by atoms with Crippen LogP contribution in [0.3, 0.4) is 0 Å². The molecule has 0 spiro atoms. The summed E-state index contributed by atoms with van der Waals surface area (Å²) in [5.74, 6) is 1.37. The Morgan fingerprint density at radius 2 is 2.21 bits per heavy atom. The number of nitrogens with zero attached hydrogens (tertiary/aromatic N) is 1. The van der Waals surface area contributed by atoms with Gasteiger partial charge >= 0.3 is 0 Å². The molecule has 2 N–H and O–H groups in total. The molecule has 0 aliphatic carbocycles. The summed E-state index contributed by atoms with van der Waals surface area (Å²) >= 11 is 0. The van der Waals surface area contributed by atoms with Crippen molar-refractivity contribution in [3.63, 3.8) is 0 Å². The van der Waals surface area contributed by atoms with Crippen molar-refractivity contribution in [3.05, 3.63) is 30.1 Å². The summed E-state index contributed by atoms with van der Waals surface area (Å²) in [6, 6.07) is 6.52. The first-order chi connectivity index (χ1) is 9.11. The second-order valence-electron chi connectivity index (χ2n) is 4.76. The van der Waals surface area contributed by atoms with Crippen molar-refractivity contribution in [3.8, 4) is 17.0 Å². The van der Waals surface area contributed by atoms with Crippen molar-refractivity contribution in [1.82, 2.24) is 10.2 Å². The Balaban J connectivity index is 2.28. The van der Waals surface area contributed by atoms with Gasteiger partial charge in [-0.3, -0.25) is 5.10 Å². The van der Waals surface area contributed by atoms with Gasteiger partial charge in [-0.2, -0.15) is 5.10 Å². The minimum Gasteiger partial charge on any atom is -0.496 e. The number of methoxy groups -OCH3 is 1. The molecule has 19 heavy (non-hydrogen) atoms. The Hall–Kier alpha value is -2.04. The molecule has 102 valence electrons. The number of nitrogens with one attached hydrogen (secondary N) is 2. The maximum Gasteiger partial charge on any atom is 0.148 e. The monoisotopic (exact) mass is 263 g/mol. The van der Waals surface area contributed by atoms with Crippen LogP contribution in [0.4, 0.5) is 10.2 Å². The average Bonchev–Trinajstić information content (AvgIpc) is 2.84. The van der Waals surface area contributed by atoms with Gasteiger partial charge in [0.2, 0.25) is 0 Å². The van der Waals surface area contributed by atoms with E-state index >= 15 is 0 Å². The molecule has 0 aliphatic heterocycles. The smallest absolute Gasteiger partial charge is 0.148 e. The highest BCUT2D eigenvalue weighted by Crippen LogP contribution is 2.32. The molecule has 0 bridgehead atoms. The van der Waals surface area contributed by atoms with E-state index in [0.717, 1.165) is 6.54 Å². The largest absolute Gasteiger partial charge is 0.496 e. The Labute approximate surface area is 112 Å². The first-order valence-corrected chi connectivity index (χ1v) is 6.24. The number of rotatable bonds is 5. The normalized spacial score (nSPS) is 10.8. The van der Waals surface area contributed by atoms with E-state index in [1.165, 1.54) is 13.2 Å². The molecule has 0 saturated heterocycles. The summed E-state index contributed by atoms with van der Waals surface area (Å²) in [4.78, 5) is 0. The number of hydrogen-bond donors (Lipinski definition) is 2. The molecule has 2 aromatic rings. The standard InChI is InChI=1S/C14H18FN3O/c1-9(2)8-16-13-7-11(17-18-13)14-10(15)5-4-6-12(14)19-3/h4-7,9H,8H2,1-3H3,(H2,16,17,18). The van der Waals surface area contributed by atoms with E-state index in [9.17, 15) is 4.39 Å². The number of aromatic amines is 1. The van der Waals surface area contributed by atoms with Gasteiger partial charge in [-0.15, -0.1) is 0 Å². The second-order valence-corrected chi connectivity index (χ2v) is 4.76. The van der Waals surface area contributed by atoms with Crippen molar-refractivity contribution in [2.24, 2.45) is 5.92 Å². The van der Waals surface area contributed by atoms with Gasteiger partial charge in [0.15, 0.2) is 0 Å². The zero-order chi connectivity index (χ0) is 13.8. The zero-order valence-electron chi connectivity index (χ0n) is 11.3. The van der Waals surface area contributed by atoms with Crippen LogP contribution in [-0.2, 0) is 0 Å². The minimum atomic E-state index is -0.335. The van der Waals surface area contributed by atoms with Crippen LogP contribution in [0.2, 0.25) is 0 Å². The maximum atomic E-state index is 13.9. The molecule has 1 heterocycles. The average molecular weight is 263 g/mol. The Morgan fingerprint density at radius 3 is 2.89 bits per heavy atom. The van der Waals surface area contributed by atoms with Gasteiger partial charge in [0.25, 0.3) is 0 Å². The molecular formula is C14H18FN3O. The van der Waals surface area contributed by atoms with Gasteiger partial charge in [-0.1, -0.05) is 19.9 Å². The fourth-order valence-corrected chi connectivity index (χ4v) is 1.78. The van der Waals surface area contributed by atoms with E-state index in [1.54, 1.807) is 18.2 Å². The molecule has 0 fully saturated rings. The number of halogens is 1.